The summed E-state index contributed by atoms with van der Waals surface area (Å²) in [6.07, 6.45) is 5.03. The summed E-state index contributed by atoms with van der Waals surface area (Å²) in [5.41, 5.74) is 3.14. The molecule has 1 aliphatic heterocycles. The van der Waals surface area contributed by atoms with Gasteiger partial charge in [-0.05, 0) is 67.8 Å². The maximum atomic E-state index is 13.9. The lowest BCUT2D eigenvalue weighted by atomic mass is 9.88. The highest BCUT2D eigenvalue weighted by Gasteiger charge is 2.28. The van der Waals surface area contributed by atoms with Crippen LogP contribution in [0.5, 0.6) is 5.75 Å². The molecule has 5 rings (SSSR count). The quantitative estimate of drug-likeness (QED) is 0.346. The van der Waals surface area contributed by atoms with Gasteiger partial charge in [0, 0.05) is 49.5 Å². The average molecular weight is 577 g/mol. The van der Waals surface area contributed by atoms with E-state index in [0.717, 1.165) is 62.2 Å². The third kappa shape index (κ3) is 7.02. The third-order valence-electron chi connectivity index (χ3n) is 8.18. The molecule has 1 aliphatic carbocycles. The summed E-state index contributed by atoms with van der Waals surface area (Å²) in [5, 5.41) is 3.01. The Morgan fingerprint density at radius 3 is 2.20 bits per heavy atom. The number of nitrogens with one attached hydrogen (secondary N) is 2. The van der Waals surface area contributed by atoms with Gasteiger partial charge >= 0.3 is 0 Å². The number of nitrogens with zero attached hydrogens (tertiary/aromatic N) is 2. The van der Waals surface area contributed by atoms with Crippen molar-refractivity contribution in [2.24, 2.45) is 5.92 Å². The van der Waals surface area contributed by atoms with E-state index >= 15 is 0 Å². The Bertz CT molecular complexity index is 1420. The van der Waals surface area contributed by atoms with E-state index in [1.54, 1.807) is 13.2 Å². The van der Waals surface area contributed by atoms with Gasteiger partial charge in [0.2, 0.25) is 15.9 Å². The Morgan fingerprint density at radius 2 is 1.54 bits per heavy atom. The first-order valence-corrected chi connectivity index (χ1v) is 16.0. The minimum atomic E-state index is -3.91. The predicted molar refractivity (Wildman–Crippen MR) is 164 cm³/mol. The van der Waals surface area contributed by atoms with Crippen molar-refractivity contribution in [3.8, 4) is 5.75 Å². The van der Waals surface area contributed by atoms with Crippen LogP contribution in [0, 0.1) is 5.92 Å². The first-order valence-electron chi connectivity index (χ1n) is 14.5. The highest BCUT2D eigenvalue weighted by atomic mass is 32.2. The number of ether oxygens (including phenoxy) is 1. The SMILES string of the molecule is COc1ccc(N2CCN(c3ccc(NC(=O)C4CCCCC4)cc3S(=O)(=O)NC(C)c3ccccc3)CC2)cc1. The Morgan fingerprint density at radius 1 is 0.878 bits per heavy atom. The van der Waals surface area contributed by atoms with E-state index in [1.807, 2.05) is 73.7 Å². The molecule has 0 spiro atoms. The molecule has 218 valence electrons. The zero-order valence-electron chi connectivity index (χ0n) is 23.9. The number of hydrogen-bond acceptors (Lipinski definition) is 6. The van der Waals surface area contributed by atoms with Crippen molar-refractivity contribution >= 4 is 33.0 Å². The molecule has 3 aromatic rings. The van der Waals surface area contributed by atoms with Crippen molar-refractivity contribution in [3.63, 3.8) is 0 Å². The molecule has 1 atom stereocenters. The molecule has 1 heterocycles. The van der Waals surface area contributed by atoms with E-state index in [2.05, 4.69) is 19.8 Å². The second-order valence-corrected chi connectivity index (χ2v) is 12.6. The van der Waals surface area contributed by atoms with Gasteiger partial charge in [0.15, 0.2) is 0 Å². The van der Waals surface area contributed by atoms with Crippen LogP contribution in [0.1, 0.15) is 50.6 Å². The van der Waals surface area contributed by atoms with Gasteiger partial charge in [-0.25, -0.2) is 13.1 Å². The summed E-state index contributed by atoms with van der Waals surface area (Å²) < 4.78 is 35.9. The van der Waals surface area contributed by atoms with Crippen LogP contribution in [0.3, 0.4) is 0 Å². The zero-order valence-corrected chi connectivity index (χ0v) is 24.7. The lowest BCUT2D eigenvalue weighted by Gasteiger charge is -2.38. The number of carbonyl (C=O) groups is 1. The van der Waals surface area contributed by atoms with Gasteiger partial charge in [-0.15, -0.1) is 0 Å². The van der Waals surface area contributed by atoms with E-state index in [4.69, 9.17) is 4.74 Å². The highest BCUT2D eigenvalue weighted by molar-refractivity contribution is 7.89. The zero-order chi connectivity index (χ0) is 28.8. The predicted octanol–water partition coefficient (Wildman–Crippen LogP) is 5.58. The normalized spacial score (nSPS) is 17.2. The summed E-state index contributed by atoms with van der Waals surface area (Å²) >= 11 is 0. The Labute approximate surface area is 243 Å². The fourth-order valence-electron chi connectivity index (χ4n) is 5.78. The van der Waals surface area contributed by atoms with Crippen LogP contribution in [-0.4, -0.2) is 47.6 Å². The number of benzene rings is 3. The van der Waals surface area contributed by atoms with Gasteiger partial charge in [-0.1, -0.05) is 49.6 Å². The van der Waals surface area contributed by atoms with Crippen LogP contribution in [-0.2, 0) is 14.8 Å². The van der Waals surface area contributed by atoms with E-state index in [1.165, 1.54) is 0 Å². The molecule has 0 aromatic heterocycles. The largest absolute Gasteiger partial charge is 0.497 e. The number of hydrogen-bond donors (Lipinski definition) is 2. The van der Waals surface area contributed by atoms with Gasteiger partial charge < -0.3 is 19.9 Å². The second kappa shape index (κ2) is 13.0. The molecule has 0 bridgehead atoms. The highest BCUT2D eigenvalue weighted by Crippen LogP contribution is 2.32. The third-order valence-corrected chi connectivity index (χ3v) is 9.75. The van der Waals surface area contributed by atoms with E-state index in [-0.39, 0.29) is 16.7 Å². The number of sulfonamides is 1. The number of anilines is 3. The van der Waals surface area contributed by atoms with Crippen LogP contribution in [0.4, 0.5) is 17.1 Å². The molecule has 0 radical (unpaired) electrons. The Balaban J connectivity index is 1.38. The van der Waals surface area contributed by atoms with Crippen molar-refractivity contribution in [3.05, 3.63) is 78.4 Å². The van der Waals surface area contributed by atoms with Crippen molar-refractivity contribution in [2.45, 2.75) is 50.0 Å². The molecule has 1 saturated heterocycles. The first kappa shape index (κ1) is 29.0. The number of methoxy groups -OCH3 is 1. The molecule has 2 fully saturated rings. The lowest BCUT2D eigenvalue weighted by molar-refractivity contribution is -0.120. The van der Waals surface area contributed by atoms with Gasteiger partial charge in [0.05, 0.1) is 12.8 Å². The maximum Gasteiger partial charge on any atom is 0.243 e. The molecular formula is C32H40N4O4S. The van der Waals surface area contributed by atoms with Gasteiger partial charge in [0.1, 0.15) is 10.6 Å². The first-order chi connectivity index (χ1) is 19.8. The summed E-state index contributed by atoms with van der Waals surface area (Å²) in [7, 11) is -2.26. The minimum Gasteiger partial charge on any atom is -0.497 e. The lowest BCUT2D eigenvalue weighted by Crippen LogP contribution is -2.47. The summed E-state index contributed by atoms with van der Waals surface area (Å²) in [6, 6.07) is 22.4. The number of rotatable bonds is 9. The molecule has 2 aliphatic rings. The number of carbonyl (C=O) groups excluding carboxylic acids is 1. The maximum absolute atomic E-state index is 13.9. The van der Waals surface area contributed by atoms with Crippen molar-refractivity contribution in [1.29, 1.82) is 0 Å². The molecule has 3 aromatic carbocycles. The topological polar surface area (TPSA) is 91.0 Å². The van der Waals surface area contributed by atoms with Crippen molar-refractivity contribution < 1.29 is 17.9 Å². The van der Waals surface area contributed by atoms with Gasteiger partial charge in [-0.3, -0.25) is 4.79 Å². The van der Waals surface area contributed by atoms with E-state index < -0.39 is 16.1 Å². The van der Waals surface area contributed by atoms with Crippen molar-refractivity contribution in [2.75, 3.05) is 48.4 Å². The monoisotopic (exact) mass is 576 g/mol. The molecule has 1 unspecified atom stereocenters. The summed E-state index contributed by atoms with van der Waals surface area (Å²) in [4.78, 5) is 17.6. The van der Waals surface area contributed by atoms with Crippen LogP contribution in [0.25, 0.3) is 0 Å². The van der Waals surface area contributed by atoms with E-state index in [9.17, 15) is 13.2 Å². The smallest absolute Gasteiger partial charge is 0.243 e. The Hall–Kier alpha value is -3.56. The molecule has 2 N–H and O–H groups in total. The fourth-order valence-corrected chi connectivity index (χ4v) is 7.27. The van der Waals surface area contributed by atoms with Crippen molar-refractivity contribution in [1.82, 2.24) is 4.72 Å². The molecule has 1 amide bonds. The standard InChI is InChI=1S/C32H40N4O4S/c1-24(25-9-5-3-6-10-25)34-41(38,39)31-23-27(33-32(37)26-11-7-4-8-12-26)13-18-30(31)36-21-19-35(20-22-36)28-14-16-29(40-2)17-15-28/h3,5-6,9-10,13-18,23-24,26,34H,4,7-8,11-12,19-22H2,1-2H3,(H,33,37). The van der Waals surface area contributed by atoms with Crippen LogP contribution in [0.2, 0.25) is 0 Å². The Kier molecular flexibility index (Phi) is 9.15. The minimum absolute atomic E-state index is 0.0225. The van der Waals surface area contributed by atoms with Gasteiger partial charge in [0.25, 0.3) is 0 Å². The fraction of sp³-hybridized carbons (Fsp3) is 0.406. The van der Waals surface area contributed by atoms with Crippen LogP contribution >= 0.6 is 0 Å². The van der Waals surface area contributed by atoms with Crippen LogP contribution in [0.15, 0.2) is 77.7 Å². The van der Waals surface area contributed by atoms with Gasteiger partial charge in [-0.2, -0.15) is 0 Å². The van der Waals surface area contributed by atoms with Crippen LogP contribution < -0.4 is 24.6 Å². The molecule has 1 saturated carbocycles. The molecular weight excluding hydrogens is 536 g/mol. The second-order valence-electron chi connectivity index (χ2n) is 10.9. The molecule has 9 heteroatoms. The summed E-state index contributed by atoms with van der Waals surface area (Å²) in [6.45, 7) is 4.67. The average Bonchev–Trinajstić information content (AvgIpc) is 3.02. The summed E-state index contributed by atoms with van der Waals surface area (Å²) in [5.74, 6) is 0.764. The molecule has 41 heavy (non-hydrogen) atoms. The number of amides is 1. The number of piperazine rings is 1. The molecule has 8 nitrogen and oxygen atoms in total. The van der Waals surface area contributed by atoms with E-state index in [0.29, 0.717) is 24.5 Å².